The fourth-order valence-corrected chi connectivity index (χ4v) is 2.23. The number of aromatic nitrogens is 1. The Labute approximate surface area is 95.5 Å². The lowest BCUT2D eigenvalue weighted by molar-refractivity contribution is 0.438. The van der Waals surface area contributed by atoms with Crippen LogP contribution in [0.25, 0.3) is 0 Å². The molecule has 0 amide bonds. The monoisotopic (exact) mass is 223 g/mol. The van der Waals surface area contributed by atoms with E-state index < -0.39 is 0 Å². The van der Waals surface area contributed by atoms with Gasteiger partial charge in [-0.1, -0.05) is 6.92 Å². The molecule has 2 rings (SSSR count). The Morgan fingerprint density at radius 3 is 3.12 bits per heavy atom. The average Bonchev–Trinajstić information content (AvgIpc) is 2.29. The summed E-state index contributed by atoms with van der Waals surface area (Å²) in [7, 11) is 0. The van der Waals surface area contributed by atoms with Crippen molar-refractivity contribution in [1.29, 1.82) is 0 Å². The van der Waals surface area contributed by atoms with Crippen LogP contribution in [0.2, 0.25) is 0 Å². The van der Waals surface area contributed by atoms with Crippen molar-refractivity contribution >= 4 is 5.82 Å². The van der Waals surface area contributed by atoms with Gasteiger partial charge in [0.15, 0.2) is 11.6 Å². The van der Waals surface area contributed by atoms with Crippen molar-refractivity contribution in [3.05, 3.63) is 23.6 Å². The van der Waals surface area contributed by atoms with Crippen LogP contribution in [0.5, 0.6) is 0 Å². The molecule has 1 aliphatic rings. The number of halogens is 1. The average molecular weight is 223 g/mol. The van der Waals surface area contributed by atoms with Crippen molar-refractivity contribution in [2.75, 3.05) is 18.0 Å². The Bertz CT molecular complexity index is 367. The largest absolute Gasteiger partial charge is 0.354 e. The molecule has 1 aromatic heterocycles. The van der Waals surface area contributed by atoms with E-state index in [2.05, 4.69) is 11.9 Å². The Balaban J connectivity index is 2.25. The molecule has 4 heteroatoms. The Hall–Kier alpha value is -1.16. The topological polar surface area (TPSA) is 42.2 Å². The first-order valence-corrected chi connectivity index (χ1v) is 5.80. The van der Waals surface area contributed by atoms with E-state index in [0.717, 1.165) is 19.5 Å². The van der Waals surface area contributed by atoms with E-state index in [1.807, 2.05) is 4.90 Å². The minimum absolute atomic E-state index is 0.227. The third-order valence-corrected chi connectivity index (χ3v) is 3.13. The molecule has 88 valence electrons. The number of rotatable bonds is 2. The van der Waals surface area contributed by atoms with Crippen molar-refractivity contribution < 1.29 is 4.39 Å². The predicted octanol–water partition coefficient (Wildman–Crippen LogP) is 1.92. The summed E-state index contributed by atoms with van der Waals surface area (Å²) in [4.78, 5) is 6.17. The summed E-state index contributed by atoms with van der Waals surface area (Å²) in [5, 5.41) is 0. The number of pyridine rings is 1. The van der Waals surface area contributed by atoms with Crippen molar-refractivity contribution in [2.45, 2.75) is 26.3 Å². The highest BCUT2D eigenvalue weighted by Gasteiger charge is 2.21. The molecule has 0 aliphatic carbocycles. The summed E-state index contributed by atoms with van der Waals surface area (Å²) in [5.41, 5.74) is 6.03. The molecule has 1 unspecified atom stereocenters. The molecule has 0 saturated carbocycles. The second kappa shape index (κ2) is 4.78. The summed E-state index contributed by atoms with van der Waals surface area (Å²) in [5.74, 6) is 0.824. The van der Waals surface area contributed by atoms with Gasteiger partial charge in [0.05, 0.1) is 0 Å². The molecule has 1 fully saturated rings. The molecule has 1 aliphatic heterocycles. The summed E-state index contributed by atoms with van der Waals surface area (Å²) in [6.07, 6.45) is 3.96. The number of nitrogens with zero attached hydrogens (tertiary/aromatic N) is 2. The highest BCUT2D eigenvalue weighted by atomic mass is 19.1. The standard InChI is InChI=1S/C12H18FN3/c1-9-3-2-6-16(8-9)12-11(13)10(7-14)4-5-15-12/h4-5,9H,2-3,6-8,14H2,1H3. The lowest BCUT2D eigenvalue weighted by atomic mass is 10.0. The van der Waals surface area contributed by atoms with Gasteiger partial charge in [0, 0.05) is 31.4 Å². The third-order valence-electron chi connectivity index (χ3n) is 3.13. The second-order valence-corrected chi connectivity index (χ2v) is 4.51. The molecule has 2 N–H and O–H groups in total. The van der Waals surface area contributed by atoms with Gasteiger partial charge in [0.25, 0.3) is 0 Å². The first-order chi connectivity index (χ1) is 7.72. The SMILES string of the molecule is CC1CCCN(c2nccc(CN)c2F)C1. The van der Waals surface area contributed by atoms with Gasteiger partial charge in [-0.2, -0.15) is 0 Å². The number of hydrogen-bond acceptors (Lipinski definition) is 3. The van der Waals surface area contributed by atoms with Crippen LogP contribution in [0.15, 0.2) is 12.3 Å². The van der Waals surface area contributed by atoms with Gasteiger partial charge in [-0.25, -0.2) is 9.37 Å². The van der Waals surface area contributed by atoms with Crippen LogP contribution in [0.3, 0.4) is 0 Å². The van der Waals surface area contributed by atoms with Crippen LogP contribution in [0.4, 0.5) is 10.2 Å². The van der Waals surface area contributed by atoms with Crippen molar-refractivity contribution in [2.24, 2.45) is 11.7 Å². The highest BCUT2D eigenvalue weighted by molar-refractivity contribution is 5.43. The fraction of sp³-hybridized carbons (Fsp3) is 0.583. The smallest absolute Gasteiger partial charge is 0.170 e. The summed E-state index contributed by atoms with van der Waals surface area (Å²) < 4.78 is 14.0. The van der Waals surface area contributed by atoms with Crippen molar-refractivity contribution in [3.63, 3.8) is 0 Å². The zero-order valence-corrected chi connectivity index (χ0v) is 9.62. The maximum absolute atomic E-state index is 14.0. The van der Waals surface area contributed by atoms with Gasteiger partial charge < -0.3 is 10.6 Å². The maximum Gasteiger partial charge on any atom is 0.170 e. The zero-order valence-electron chi connectivity index (χ0n) is 9.62. The highest BCUT2D eigenvalue weighted by Crippen LogP contribution is 2.24. The van der Waals surface area contributed by atoms with E-state index in [9.17, 15) is 4.39 Å². The first kappa shape index (κ1) is 11.3. The lowest BCUT2D eigenvalue weighted by Gasteiger charge is -2.32. The Morgan fingerprint density at radius 1 is 1.62 bits per heavy atom. The van der Waals surface area contributed by atoms with Gasteiger partial charge >= 0.3 is 0 Å². The van der Waals surface area contributed by atoms with Crippen molar-refractivity contribution in [1.82, 2.24) is 4.98 Å². The zero-order chi connectivity index (χ0) is 11.5. The van der Waals surface area contributed by atoms with E-state index in [-0.39, 0.29) is 12.4 Å². The normalized spacial score (nSPS) is 21.2. The van der Waals surface area contributed by atoms with E-state index in [1.165, 1.54) is 6.42 Å². The second-order valence-electron chi connectivity index (χ2n) is 4.51. The molecule has 1 saturated heterocycles. The molecule has 1 aromatic rings. The quantitative estimate of drug-likeness (QED) is 0.832. The number of piperidine rings is 1. The van der Waals surface area contributed by atoms with Crippen LogP contribution in [-0.4, -0.2) is 18.1 Å². The van der Waals surface area contributed by atoms with Gasteiger partial charge in [-0.3, -0.25) is 0 Å². The van der Waals surface area contributed by atoms with Crippen LogP contribution in [-0.2, 0) is 6.54 Å². The minimum Gasteiger partial charge on any atom is -0.354 e. The van der Waals surface area contributed by atoms with Crippen LogP contribution >= 0.6 is 0 Å². The summed E-state index contributed by atoms with van der Waals surface area (Å²) >= 11 is 0. The van der Waals surface area contributed by atoms with Gasteiger partial charge in [-0.05, 0) is 24.8 Å². The van der Waals surface area contributed by atoms with E-state index in [1.54, 1.807) is 12.3 Å². The molecule has 3 nitrogen and oxygen atoms in total. The van der Waals surface area contributed by atoms with Crippen LogP contribution in [0, 0.1) is 11.7 Å². The summed E-state index contributed by atoms with van der Waals surface area (Å²) in [6.45, 7) is 4.20. The van der Waals surface area contributed by atoms with Crippen LogP contribution < -0.4 is 10.6 Å². The summed E-state index contributed by atoms with van der Waals surface area (Å²) in [6, 6.07) is 1.65. The molecule has 0 spiro atoms. The molecule has 16 heavy (non-hydrogen) atoms. The fourth-order valence-electron chi connectivity index (χ4n) is 2.23. The van der Waals surface area contributed by atoms with Gasteiger partial charge in [0.2, 0.25) is 0 Å². The van der Waals surface area contributed by atoms with Crippen molar-refractivity contribution in [3.8, 4) is 0 Å². The van der Waals surface area contributed by atoms with E-state index in [0.29, 0.717) is 17.3 Å². The van der Waals surface area contributed by atoms with Crippen LogP contribution in [0.1, 0.15) is 25.3 Å². The van der Waals surface area contributed by atoms with Gasteiger partial charge in [-0.15, -0.1) is 0 Å². The number of nitrogens with two attached hydrogens (primary N) is 1. The molecule has 0 aromatic carbocycles. The Kier molecular flexibility index (Phi) is 3.39. The molecule has 0 bridgehead atoms. The van der Waals surface area contributed by atoms with E-state index >= 15 is 0 Å². The minimum atomic E-state index is -0.251. The van der Waals surface area contributed by atoms with Gasteiger partial charge in [0.1, 0.15) is 0 Å². The third kappa shape index (κ3) is 2.16. The predicted molar refractivity (Wildman–Crippen MR) is 62.7 cm³/mol. The Morgan fingerprint density at radius 2 is 2.44 bits per heavy atom. The maximum atomic E-state index is 14.0. The molecule has 1 atom stereocenters. The molecular weight excluding hydrogens is 205 g/mol. The van der Waals surface area contributed by atoms with E-state index in [4.69, 9.17) is 5.73 Å². The molecular formula is C12H18FN3. The number of hydrogen-bond donors (Lipinski definition) is 1. The lowest BCUT2D eigenvalue weighted by Crippen LogP contribution is -2.35. The first-order valence-electron chi connectivity index (χ1n) is 5.80. The molecule has 0 radical (unpaired) electrons. The molecule has 2 heterocycles. The number of anilines is 1.